The molecule has 0 amide bonds. The van der Waals surface area contributed by atoms with Gasteiger partial charge in [-0.3, -0.25) is 9.59 Å². The van der Waals surface area contributed by atoms with Gasteiger partial charge in [0.2, 0.25) is 0 Å². The second kappa shape index (κ2) is 7.84. The van der Waals surface area contributed by atoms with Crippen molar-refractivity contribution in [2.75, 3.05) is 13.2 Å². The molecule has 2 atom stereocenters. The lowest BCUT2D eigenvalue weighted by Crippen LogP contribution is -2.75. The number of ketones is 2. The highest BCUT2D eigenvalue weighted by Crippen LogP contribution is 2.38. The third-order valence-electron chi connectivity index (χ3n) is 3.68. The normalized spacial score (nSPS) is 16.8. The van der Waals surface area contributed by atoms with Gasteiger partial charge in [-0.1, -0.05) is 41.5 Å². The lowest BCUT2D eigenvalue weighted by Gasteiger charge is -2.42. The van der Waals surface area contributed by atoms with Crippen LogP contribution in [0.1, 0.15) is 55.4 Å². The monoisotopic (exact) mass is 374 g/mol. The van der Waals surface area contributed by atoms with E-state index in [1.807, 2.05) is 0 Å². The first-order valence-corrected chi connectivity index (χ1v) is 8.41. The molecular formula is C18H30O8. The standard InChI is InChI=1S/C18H30O8/c1-9-25-13(21)17(23,11(19)15(3,4)5)18(24,14(22)26-10-2)12(20)16(6,7)8/h23-24H,9-10H2,1-8H3. The molecule has 0 aromatic carbocycles. The zero-order chi connectivity index (χ0) is 21.1. The van der Waals surface area contributed by atoms with Crippen molar-refractivity contribution in [3.8, 4) is 0 Å². The maximum absolute atomic E-state index is 12.9. The van der Waals surface area contributed by atoms with Gasteiger partial charge in [-0.2, -0.15) is 0 Å². The Morgan fingerprint density at radius 2 is 0.885 bits per heavy atom. The van der Waals surface area contributed by atoms with E-state index in [-0.39, 0.29) is 13.2 Å². The number of rotatable bonds is 7. The second-order valence-electron chi connectivity index (χ2n) is 8.02. The van der Waals surface area contributed by atoms with Gasteiger partial charge < -0.3 is 19.7 Å². The van der Waals surface area contributed by atoms with Crippen molar-refractivity contribution in [3.63, 3.8) is 0 Å². The van der Waals surface area contributed by atoms with Crippen LogP contribution in [0.15, 0.2) is 0 Å². The summed E-state index contributed by atoms with van der Waals surface area (Å²) in [6.45, 7) is 10.5. The first-order chi connectivity index (χ1) is 11.5. The molecular weight excluding hydrogens is 344 g/mol. The molecule has 0 saturated carbocycles. The minimum Gasteiger partial charge on any atom is -0.463 e. The SMILES string of the molecule is CCOC(=O)C(O)(C(=O)C(C)(C)C)C(O)(C(=O)OCC)C(=O)C(C)(C)C. The van der Waals surface area contributed by atoms with E-state index in [4.69, 9.17) is 9.47 Å². The highest BCUT2D eigenvalue weighted by molar-refractivity contribution is 6.24. The van der Waals surface area contributed by atoms with Crippen molar-refractivity contribution in [1.82, 2.24) is 0 Å². The van der Waals surface area contributed by atoms with E-state index in [2.05, 4.69) is 0 Å². The molecule has 2 N–H and O–H groups in total. The summed E-state index contributed by atoms with van der Waals surface area (Å²) >= 11 is 0. The van der Waals surface area contributed by atoms with Crippen molar-refractivity contribution >= 4 is 23.5 Å². The average molecular weight is 374 g/mol. The van der Waals surface area contributed by atoms with Gasteiger partial charge in [0.05, 0.1) is 13.2 Å². The molecule has 2 unspecified atom stereocenters. The summed E-state index contributed by atoms with van der Waals surface area (Å²) in [5.41, 5.74) is -9.70. The van der Waals surface area contributed by atoms with Crippen molar-refractivity contribution in [2.24, 2.45) is 10.8 Å². The maximum Gasteiger partial charge on any atom is 0.350 e. The largest absolute Gasteiger partial charge is 0.463 e. The van der Waals surface area contributed by atoms with Gasteiger partial charge in [0, 0.05) is 10.8 Å². The molecule has 0 radical (unpaired) electrons. The quantitative estimate of drug-likeness (QED) is 0.495. The highest BCUT2D eigenvalue weighted by Gasteiger charge is 2.72. The van der Waals surface area contributed by atoms with Gasteiger partial charge in [0.15, 0.2) is 11.6 Å². The fourth-order valence-corrected chi connectivity index (χ4v) is 2.37. The number of Topliss-reactive ketones (excluding diaryl/α,β-unsaturated/α-hetero) is 2. The molecule has 8 nitrogen and oxygen atoms in total. The van der Waals surface area contributed by atoms with Crippen molar-refractivity contribution in [3.05, 3.63) is 0 Å². The summed E-state index contributed by atoms with van der Waals surface area (Å²) in [6.07, 6.45) is 0. The van der Waals surface area contributed by atoms with Crippen molar-refractivity contribution in [1.29, 1.82) is 0 Å². The van der Waals surface area contributed by atoms with Crippen LogP contribution in [0.3, 0.4) is 0 Å². The molecule has 0 aliphatic heterocycles. The van der Waals surface area contributed by atoms with Crippen LogP contribution in [0, 0.1) is 10.8 Å². The molecule has 0 aliphatic carbocycles. The Kier molecular flexibility index (Phi) is 7.29. The predicted octanol–water partition coefficient (Wildman–Crippen LogP) is 0.805. The number of aliphatic hydroxyl groups is 2. The van der Waals surface area contributed by atoms with E-state index in [1.165, 1.54) is 55.4 Å². The fourth-order valence-electron chi connectivity index (χ4n) is 2.37. The number of carbonyl (C=O) groups excluding carboxylic acids is 4. The molecule has 0 saturated heterocycles. The first kappa shape index (κ1) is 24.2. The molecule has 0 aromatic heterocycles. The van der Waals surface area contributed by atoms with Crippen LogP contribution in [0.2, 0.25) is 0 Å². The summed E-state index contributed by atoms with van der Waals surface area (Å²) in [4.78, 5) is 50.9. The summed E-state index contributed by atoms with van der Waals surface area (Å²) in [5, 5.41) is 22.1. The summed E-state index contributed by atoms with van der Waals surface area (Å²) in [7, 11) is 0. The third-order valence-corrected chi connectivity index (χ3v) is 3.68. The van der Waals surface area contributed by atoms with E-state index in [0.29, 0.717) is 0 Å². The van der Waals surface area contributed by atoms with Crippen LogP contribution in [-0.2, 0) is 28.7 Å². The second-order valence-corrected chi connectivity index (χ2v) is 8.02. The van der Waals surface area contributed by atoms with Gasteiger partial charge in [-0.25, -0.2) is 9.59 Å². The molecule has 0 aliphatic rings. The van der Waals surface area contributed by atoms with Crippen LogP contribution < -0.4 is 0 Å². The van der Waals surface area contributed by atoms with E-state index >= 15 is 0 Å². The van der Waals surface area contributed by atoms with E-state index in [0.717, 1.165) is 0 Å². The maximum atomic E-state index is 12.9. The van der Waals surface area contributed by atoms with Gasteiger partial charge in [0.25, 0.3) is 11.2 Å². The predicted molar refractivity (Wildman–Crippen MR) is 92.1 cm³/mol. The molecule has 0 rings (SSSR count). The Bertz CT molecular complexity index is 529. The molecule has 0 heterocycles. The van der Waals surface area contributed by atoms with Crippen LogP contribution in [0.4, 0.5) is 0 Å². The van der Waals surface area contributed by atoms with Gasteiger partial charge >= 0.3 is 11.9 Å². The molecule has 0 bridgehead atoms. The molecule has 0 spiro atoms. The lowest BCUT2D eigenvalue weighted by atomic mass is 9.65. The number of hydrogen-bond donors (Lipinski definition) is 2. The highest BCUT2D eigenvalue weighted by atomic mass is 16.6. The van der Waals surface area contributed by atoms with E-state index < -0.39 is 45.5 Å². The lowest BCUT2D eigenvalue weighted by molar-refractivity contribution is -0.217. The first-order valence-electron chi connectivity index (χ1n) is 8.41. The summed E-state index contributed by atoms with van der Waals surface area (Å²) in [6, 6.07) is 0. The van der Waals surface area contributed by atoms with Crippen LogP contribution in [0.5, 0.6) is 0 Å². The Morgan fingerprint density at radius 1 is 0.654 bits per heavy atom. The van der Waals surface area contributed by atoms with Gasteiger partial charge in [-0.05, 0) is 13.8 Å². The smallest absolute Gasteiger partial charge is 0.350 e. The number of hydrogen-bond acceptors (Lipinski definition) is 8. The molecule has 0 fully saturated rings. The van der Waals surface area contributed by atoms with Gasteiger partial charge in [0.1, 0.15) is 0 Å². The minimum atomic E-state index is -3.46. The Labute approximate surface area is 153 Å². The topological polar surface area (TPSA) is 127 Å². The molecule has 150 valence electrons. The zero-order valence-electron chi connectivity index (χ0n) is 16.8. The van der Waals surface area contributed by atoms with E-state index in [9.17, 15) is 29.4 Å². The number of carbonyl (C=O) groups is 4. The Morgan fingerprint density at radius 3 is 1.04 bits per heavy atom. The van der Waals surface area contributed by atoms with Crippen LogP contribution in [-0.4, -0.2) is 58.1 Å². The van der Waals surface area contributed by atoms with Crippen molar-refractivity contribution < 1.29 is 38.9 Å². The van der Waals surface area contributed by atoms with Crippen LogP contribution in [0.25, 0.3) is 0 Å². The fraction of sp³-hybridized carbons (Fsp3) is 0.778. The van der Waals surface area contributed by atoms with Crippen molar-refractivity contribution in [2.45, 2.75) is 66.6 Å². The molecule has 8 heteroatoms. The van der Waals surface area contributed by atoms with E-state index in [1.54, 1.807) is 0 Å². The Balaban J connectivity index is 6.92. The summed E-state index contributed by atoms with van der Waals surface area (Å²) < 4.78 is 9.46. The van der Waals surface area contributed by atoms with Gasteiger partial charge in [-0.15, -0.1) is 0 Å². The third kappa shape index (κ3) is 4.12. The van der Waals surface area contributed by atoms with Crippen LogP contribution >= 0.6 is 0 Å². The number of ether oxygens (including phenoxy) is 2. The minimum absolute atomic E-state index is 0.249. The molecule has 0 aromatic rings. The zero-order valence-corrected chi connectivity index (χ0v) is 16.8. The average Bonchev–Trinajstić information content (AvgIpc) is 2.50. The molecule has 26 heavy (non-hydrogen) atoms. The number of esters is 2. The summed E-state index contributed by atoms with van der Waals surface area (Å²) in [5.74, 6) is -5.66. The Hall–Kier alpha value is -1.80.